The third-order valence-electron chi connectivity index (χ3n) is 3.66. The van der Waals surface area contributed by atoms with Crippen LogP contribution in [0.3, 0.4) is 0 Å². The molecule has 16 heavy (non-hydrogen) atoms. The Morgan fingerprint density at radius 2 is 1.31 bits per heavy atom. The summed E-state index contributed by atoms with van der Waals surface area (Å²) in [5, 5.41) is 0. The second kappa shape index (κ2) is 7.46. The molecule has 0 aromatic carbocycles. The van der Waals surface area contributed by atoms with E-state index in [1.807, 2.05) is 0 Å². The summed E-state index contributed by atoms with van der Waals surface area (Å²) >= 11 is 0. The fourth-order valence-electron chi connectivity index (χ4n) is 3.00. The van der Waals surface area contributed by atoms with Gasteiger partial charge in [-0.1, -0.05) is 41.5 Å². The largest absolute Gasteiger partial charge is 0.416 e. The van der Waals surface area contributed by atoms with Crippen LogP contribution in [0.2, 0.25) is 16.6 Å². The Kier molecular flexibility index (Phi) is 7.52. The second-order valence-corrected chi connectivity index (χ2v) is 11.1. The zero-order chi connectivity index (χ0) is 12.8. The van der Waals surface area contributed by atoms with Crippen molar-refractivity contribution in [2.45, 2.75) is 71.0 Å². The van der Waals surface area contributed by atoms with Crippen molar-refractivity contribution in [2.24, 2.45) is 5.73 Å². The van der Waals surface area contributed by atoms with Crippen LogP contribution in [0, 0.1) is 0 Å². The van der Waals surface area contributed by atoms with Crippen LogP contribution in [-0.2, 0) is 4.43 Å². The van der Waals surface area contributed by atoms with Crippen molar-refractivity contribution in [3.05, 3.63) is 0 Å². The lowest BCUT2D eigenvalue weighted by molar-refractivity contribution is 0.270. The fourth-order valence-corrected chi connectivity index (χ4v) is 8.49. The molecule has 2 nitrogen and oxygen atoms in total. The summed E-state index contributed by atoms with van der Waals surface area (Å²) in [7, 11) is -1.62. The molecule has 0 heterocycles. The molecule has 0 saturated carbocycles. The van der Waals surface area contributed by atoms with E-state index in [1.165, 1.54) is 0 Å². The summed E-state index contributed by atoms with van der Waals surface area (Å²) in [6, 6.07) is 0. The average Bonchev–Trinajstić information content (AvgIpc) is 2.16. The van der Waals surface area contributed by atoms with Crippen LogP contribution in [0.1, 0.15) is 54.4 Å². The fraction of sp³-hybridized carbons (Fsp3) is 1.00. The van der Waals surface area contributed by atoms with Gasteiger partial charge in [0.2, 0.25) is 0 Å². The molecule has 0 aromatic heterocycles. The molecule has 0 unspecified atom stereocenters. The van der Waals surface area contributed by atoms with Crippen LogP contribution in [0.4, 0.5) is 0 Å². The van der Waals surface area contributed by atoms with Gasteiger partial charge in [0.25, 0.3) is 0 Å². The molecule has 3 heteroatoms. The highest BCUT2D eigenvalue weighted by Crippen LogP contribution is 2.42. The lowest BCUT2D eigenvalue weighted by Crippen LogP contribution is -2.48. The minimum atomic E-state index is -1.62. The lowest BCUT2D eigenvalue weighted by Gasteiger charge is -2.42. The van der Waals surface area contributed by atoms with Gasteiger partial charge in [-0.05, 0) is 36.0 Å². The van der Waals surface area contributed by atoms with E-state index in [1.54, 1.807) is 0 Å². The Bertz CT molecular complexity index is 159. The lowest BCUT2D eigenvalue weighted by atomic mass is 10.3. The van der Waals surface area contributed by atoms with E-state index >= 15 is 0 Å². The van der Waals surface area contributed by atoms with Crippen LogP contribution < -0.4 is 5.73 Å². The molecular formula is C13H31NOSi. The molecule has 0 amide bonds. The summed E-state index contributed by atoms with van der Waals surface area (Å²) in [4.78, 5) is 0. The maximum Gasteiger partial charge on any atom is 0.200 e. The van der Waals surface area contributed by atoms with Gasteiger partial charge in [-0.25, -0.2) is 0 Å². The quantitative estimate of drug-likeness (QED) is 0.520. The van der Waals surface area contributed by atoms with E-state index in [0.29, 0.717) is 16.6 Å². The molecule has 98 valence electrons. The molecule has 2 N–H and O–H groups in total. The summed E-state index contributed by atoms with van der Waals surface area (Å²) in [6.45, 7) is 15.7. The predicted octanol–water partition coefficient (Wildman–Crippen LogP) is 3.92. The molecule has 0 bridgehead atoms. The smallest absolute Gasteiger partial charge is 0.200 e. The Morgan fingerprint density at radius 3 is 1.62 bits per heavy atom. The molecule has 0 aliphatic carbocycles. The molecule has 0 saturated heterocycles. The van der Waals surface area contributed by atoms with Gasteiger partial charge in [0, 0.05) is 6.61 Å². The number of nitrogens with two attached hydrogens (primary N) is 1. The number of hydrogen-bond donors (Lipinski definition) is 1. The molecule has 0 spiro atoms. The van der Waals surface area contributed by atoms with E-state index in [4.69, 9.17) is 10.2 Å². The summed E-state index contributed by atoms with van der Waals surface area (Å²) < 4.78 is 6.40. The highest BCUT2D eigenvalue weighted by Gasteiger charge is 2.44. The first kappa shape index (κ1) is 16.1. The van der Waals surface area contributed by atoms with Gasteiger partial charge in [0.1, 0.15) is 0 Å². The summed E-state index contributed by atoms with van der Waals surface area (Å²) in [5.74, 6) is 0. The molecule has 0 aromatic rings. The summed E-state index contributed by atoms with van der Waals surface area (Å²) in [6.07, 6.45) is 2.19. The molecule has 0 rings (SSSR count). The highest BCUT2D eigenvalue weighted by atomic mass is 28.4. The predicted molar refractivity (Wildman–Crippen MR) is 75.3 cm³/mol. The van der Waals surface area contributed by atoms with Crippen LogP contribution >= 0.6 is 0 Å². The maximum absolute atomic E-state index is 6.40. The molecule has 0 atom stereocenters. The first-order valence-electron chi connectivity index (χ1n) is 6.73. The molecule has 0 fully saturated rings. The Hall–Kier alpha value is 0.137. The van der Waals surface area contributed by atoms with Crippen LogP contribution in [0.25, 0.3) is 0 Å². The second-order valence-electron chi connectivity index (χ2n) is 5.66. The van der Waals surface area contributed by atoms with Gasteiger partial charge < -0.3 is 10.2 Å². The van der Waals surface area contributed by atoms with Gasteiger partial charge in [0.05, 0.1) is 0 Å². The van der Waals surface area contributed by atoms with Crippen LogP contribution in [0.15, 0.2) is 0 Å². The molecule has 0 radical (unpaired) electrons. The number of unbranched alkanes of at least 4 members (excludes halogenated alkanes) is 1. The van der Waals surface area contributed by atoms with E-state index in [0.717, 1.165) is 26.0 Å². The maximum atomic E-state index is 6.40. The molecule has 0 aliphatic rings. The van der Waals surface area contributed by atoms with Gasteiger partial charge in [-0.15, -0.1) is 0 Å². The van der Waals surface area contributed by atoms with Gasteiger partial charge in [-0.3, -0.25) is 0 Å². The average molecular weight is 245 g/mol. The van der Waals surface area contributed by atoms with Crippen molar-refractivity contribution in [3.8, 4) is 0 Å². The minimum absolute atomic E-state index is 0.686. The molecular weight excluding hydrogens is 214 g/mol. The zero-order valence-corrected chi connectivity index (χ0v) is 13.0. The highest BCUT2D eigenvalue weighted by molar-refractivity contribution is 6.77. The Morgan fingerprint density at radius 1 is 0.875 bits per heavy atom. The zero-order valence-electron chi connectivity index (χ0n) is 12.0. The van der Waals surface area contributed by atoms with Crippen LogP contribution in [0.5, 0.6) is 0 Å². The monoisotopic (exact) mass is 245 g/mol. The first-order chi connectivity index (χ1) is 7.39. The van der Waals surface area contributed by atoms with E-state index in [-0.39, 0.29) is 0 Å². The standard InChI is InChI=1S/C13H31NOSi/c1-11(2)16(12(3)4,13(5)6)15-10-8-7-9-14/h11-13H,7-10,14H2,1-6H3. The normalized spacial score (nSPS) is 13.1. The van der Waals surface area contributed by atoms with Crippen molar-refractivity contribution >= 4 is 8.32 Å². The van der Waals surface area contributed by atoms with Crippen molar-refractivity contribution in [2.75, 3.05) is 13.2 Å². The summed E-state index contributed by atoms with van der Waals surface area (Å²) in [5.41, 5.74) is 7.57. The van der Waals surface area contributed by atoms with Gasteiger partial charge in [0.15, 0.2) is 8.32 Å². The Labute approximate surface area is 103 Å². The third kappa shape index (κ3) is 3.86. The minimum Gasteiger partial charge on any atom is -0.416 e. The molecule has 0 aliphatic heterocycles. The van der Waals surface area contributed by atoms with Gasteiger partial charge in [-0.2, -0.15) is 0 Å². The topological polar surface area (TPSA) is 35.2 Å². The van der Waals surface area contributed by atoms with E-state index < -0.39 is 8.32 Å². The Balaban J connectivity index is 4.52. The van der Waals surface area contributed by atoms with E-state index in [2.05, 4.69) is 41.5 Å². The van der Waals surface area contributed by atoms with Crippen molar-refractivity contribution in [1.82, 2.24) is 0 Å². The van der Waals surface area contributed by atoms with E-state index in [9.17, 15) is 0 Å². The third-order valence-corrected chi connectivity index (χ3v) is 9.78. The van der Waals surface area contributed by atoms with Crippen molar-refractivity contribution < 1.29 is 4.43 Å². The number of rotatable bonds is 8. The van der Waals surface area contributed by atoms with Gasteiger partial charge >= 0.3 is 0 Å². The SMILES string of the molecule is CC(C)[Si](OCCCCN)(C(C)C)C(C)C. The first-order valence-corrected chi connectivity index (χ1v) is 8.87. The van der Waals surface area contributed by atoms with Crippen molar-refractivity contribution in [1.29, 1.82) is 0 Å². The number of hydrogen-bond acceptors (Lipinski definition) is 2. The van der Waals surface area contributed by atoms with Crippen LogP contribution in [-0.4, -0.2) is 21.5 Å². The van der Waals surface area contributed by atoms with Crippen molar-refractivity contribution in [3.63, 3.8) is 0 Å².